The summed E-state index contributed by atoms with van der Waals surface area (Å²) >= 11 is 0. The second kappa shape index (κ2) is 5.53. The summed E-state index contributed by atoms with van der Waals surface area (Å²) in [7, 11) is 0. The summed E-state index contributed by atoms with van der Waals surface area (Å²) in [6.07, 6.45) is 6.66. The third kappa shape index (κ3) is 2.80. The number of piperidine rings is 1. The molecule has 1 aromatic heterocycles. The van der Waals surface area contributed by atoms with Crippen LogP contribution in [-0.2, 0) is 9.59 Å². The maximum Gasteiger partial charge on any atom is 0.326 e. The van der Waals surface area contributed by atoms with E-state index < -0.39 is 12.0 Å². The van der Waals surface area contributed by atoms with E-state index in [-0.39, 0.29) is 5.91 Å². The van der Waals surface area contributed by atoms with Gasteiger partial charge in [-0.05, 0) is 37.5 Å². The number of rotatable bonds is 3. The van der Waals surface area contributed by atoms with Crippen molar-refractivity contribution < 1.29 is 19.1 Å². The van der Waals surface area contributed by atoms with Crippen LogP contribution in [0.2, 0.25) is 0 Å². The Labute approximate surface area is 105 Å². The Morgan fingerprint density at radius 1 is 1.44 bits per heavy atom. The Bertz CT molecular complexity index is 450. The average Bonchev–Trinajstić information content (AvgIpc) is 2.89. The molecule has 0 unspecified atom stereocenters. The Kier molecular flexibility index (Phi) is 3.82. The van der Waals surface area contributed by atoms with Crippen molar-refractivity contribution in [3.05, 3.63) is 30.2 Å². The molecule has 1 amide bonds. The molecule has 1 aromatic rings. The predicted octanol–water partition coefficient (Wildman–Crippen LogP) is 1.76. The lowest BCUT2D eigenvalue weighted by Gasteiger charge is -2.32. The Hall–Kier alpha value is -2.04. The van der Waals surface area contributed by atoms with Crippen molar-refractivity contribution >= 4 is 18.0 Å². The molecule has 0 spiro atoms. The van der Waals surface area contributed by atoms with Crippen LogP contribution in [0.3, 0.4) is 0 Å². The zero-order valence-electron chi connectivity index (χ0n) is 9.91. The molecule has 1 aliphatic heterocycles. The first kappa shape index (κ1) is 12.4. The smallest absolute Gasteiger partial charge is 0.326 e. The van der Waals surface area contributed by atoms with E-state index in [0.717, 1.165) is 12.8 Å². The van der Waals surface area contributed by atoms with Crippen molar-refractivity contribution in [1.82, 2.24) is 4.90 Å². The van der Waals surface area contributed by atoms with E-state index in [2.05, 4.69) is 0 Å². The van der Waals surface area contributed by atoms with Gasteiger partial charge in [0.25, 0.3) is 0 Å². The molecule has 0 bridgehead atoms. The van der Waals surface area contributed by atoms with Gasteiger partial charge < -0.3 is 14.4 Å². The van der Waals surface area contributed by atoms with Crippen LogP contribution < -0.4 is 0 Å². The zero-order chi connectivity index (χ0) is 13.0. The molecule has 1 fully saturated rings. The van der Waals surface area contributed by atoms with E-state index in [1.165, 1.54) is 17.2 Å². The molecule has 0 aromatic carbocycles. The van der Waals surface area contributed by atoms with Gasteiger partial charge in [0, 0.05) is 12.6 Å². The first-order chi connectivity index (χ1) is 8.68. The highest BCUT2D eigenvalue weighted by Crippen LogP contribution is 2.18. The van der Waals surface area contributed by atoms with Crippen LogP contribution in [0.5, 0.6) is 0 Å². The van der Waals surface area contributed by atoms with Crippen molar-refractivity contribution in [2.45, 2.75) is 25.3 Å². The van der Waals surface area contributed by atoms with Crippen molar-refractivity contribution in [1.29, 1.82) is 0 Å². The zero-order valence-corrected chi connectivity index (χ0v) is 9.91. The summed E-state index contributed by atoms with van der Waals surface area (Å²) in [5.74, 6) is -0.639. The van der Waals surface area contributed by atoms with Gasteiger partial charge in [0.2, 0.25) is 5.91 Å². The fraction of sp³-hybridized carbons (Fsp3) is 0.385. The van der Waals surface area contributed by atoms with E-state index in [1.807, 2.05) is 0 Å². The molecule has 1 aliphatic rings. The van der Waals surface area contributed by atoms with Gasteiger partial charge in [0.15, 0.2) is 0 Å². The van der Waals surface area contributed by atoms with Crippen molar-refractivity contribution in [3.8, 4) is 0 Å². The lowest BCUT2D eigenvalue weighted by molar-refractivity contribution is -0.150. The van der Waals surface area contributed by atoms with Gasteiger partial charge >= 0.3 is 5.97 Å². The second-order valence-corrected chi connectivity index (χ2v) is 4.23. The minimum atomic E-state index is -0.936. The van der Waals surface area contributed by atoms with Crippen molar-refractivity contribution in [2.75, 3.05) is 6.54 Å². The molecule has 2 rings (SSSR count). The molecule has 1 saturated heterocycles. The minimum Gasteiger partial charge on any atom is -0.480 e. The van der Waals surface area contributed by atoms with Crippen LogP contribution in [0.25, 0.3) is 6.08 Å². The number of nitrogens with zero attached hydrogens (tertiary/aromatic N) is 1. The first-order valence-electron chi connectivity index (χ1n) is 5.93. The molecule has 5 nitrogen and oxygen atoms in total. The van der Waals surface area contributed by atoms with Gasteiger partial charge in [-0.25, -0.2) is 4.79 Å². The van der Waals surface area contributed by atoms with Gasteiger partial charge in [-0.3, -0.25) is 4.79 Å². The lowest BCUT2D eigenvalue weighted by atomic mass is 10.0. The highest BCUT2D eigenvalue weighted by Gasteiger charge is 2.30. The van der Waals surface area contributed by atoms with Gasteiger partial charge in [-0.1, -0.05) is 0 Å². The van der Waals surface area contributed by atoms with Crippen molar-refractivity contribution in [3.63, 3.8) is 0 Å². The van der Waals surface area contributed by atoms with Gasteiger partial charge in [0.1, 0.15) is 11.8 Å². The topological polar surface area (TPSA) is 70.8 Å². The molecule has 5 heteroatoms. The number of furan rings is 1. The van der Waals surface area contributed by atoms with Crippen LogP contribution in [0.4, 0.5) is 0 Å². The number of likely N-dealkylation sites (tertiary alicyclic amines) is 1. The molecule has 18 heavy (non-hydrogen) atoms. The highest BCUT2D eigenvalue weighted by atomic mass is 16.4. The Balaban J connectivity index is 2.04. The number of hydrogen-bond donors (Lipinski definition) is 1. The number of aliphatic carboxylic acids is 1. The summed E-state index contributed by atoms with van der Waals surface area (Å²) in [5.41, 5.74) is 0. The highest BCUT2D eigenvalue weighted by molar-refractivity contribution is 5.94. The van der Waals surface area contributed by atoms with E-state index in [1.54, 1.807) is 18.2 Å². The molecule has 2 heterocycles. The van der Waals surface area contributed by atoms with E-state index >= 15 is 0 Å². The maximum atomic E-state index is 11.9. The largest absolute Gasteiger partial charge is 0.480 e. The normalized spacial score (nSPS) is 20.2. The fourth-order valence-corrected chi connectivity index (χ4v) is 2.09. The van der Waals surface area contributed by atoms with Crippen LogP contribution in [0.15, 0.2) is 28.9 Å². The molecule has 0 radical (unpaired) electrons. The average molecular weight is 249 g/mol. The van der Waals surface area contributed by atoms with Crippen LogP contribution in [0, 0.1) is 0 Å². The number of carboxylic acids is 1. The van der Waals surface area contributed by atoms with E-state index in [9.17, 15) is 9.59 Å². The first-order valence-corrected chi connectivity index (χ1v) is 5.93. The Morgan fingerprint density at radius 2 is 2.28 bits per heavy atom. The van der Waals surface area contributed by atoms with E-state index in [0.29, 0.717) is 18.7 Å². The van der Waals surface area contributed by atoms with Crippen LogP contribution in [0.1, 0.15) is 25.0 Å². The fourth-order valence-electron chi connectivity index (χ4n) is 2.09. The van der Waals surface area contributed by atoms with Gasteiger partial charge in [0.05, 0.1) is 6.26 Å². The lowest BCUT2D eigenvalue weighted by Crippen LogP contribution is -2.47. The summed E-state index contributed by atoms with van der Waals surface area (Å²) in [5, 5.41) is 9.07. The quantitative estimate of drug-likeness (QED) is 0.828. The predicted molar refractivity (Wildman–Crippen MR) is 64.7 cm³/mol. The summed E-state index contributed by atoms with van der Waals surface area (Å²) in [6, 6.07) is 2.76. The maximum absolute atomic E-state index is 11.9. The Morgan fingerprint density at radius 3 is 2.94 bits per heavy atom. The van der Waals surface area contributed by atoms with Crippen LogP contribution in [-0.4, -0.2) is 34.5 Å². The number of carbonyl (C=O) groups excluding carboxylic acids is 1. The summed E-state index contributed by atoms with van der Waals surface area (Å²) in [4.78, 5) is 24.4. The van der Waals surface area contributed by atoms with Crippen LogP contribution >= 0.6 is 0 Å². The minimum absolute atomic E-state index is 0.279. The summed E-state index contributed by atoms with van der Waals surface area (Å²) in [6.45, 7) is 0.498. The number of amides is 1. The molecule has 0 aliphatic carbocycles. The monoisotopic (exact) mass is 249 g/mol. The molecule has 96 valence electrons. The number of carboxylic acid groups (broad SMARTS) is 1. The standard InChI is InChI=1S/C13H15NO4/c15-12(7-6-10-4-3-9-18-10)14-8-2-1-5-11(14)13(16)17/h3-4,6-7,9,11H,1-2,5,8H2,(H,16,17)/b7-6-/t11-/m0/s1. The van der Waals surface area contributed by atoms with Gasteiger partial charge in [-0.15, -0.1) is 0 Å². The van der Waals surface area contributed by atoms with Crippen molar-refractivity contribution in [2.24, 2.45) is 0 Å². The van der Waals surface area contributed by atoms with Gasteiger partial charge in [-0.2, -0.15) is 0 Å². The molecular formula is C13H15NO4. The molecule has 0 saturated carbocycles. The number of carbonyl (C=O) groups is 2. The SMILES string of the molecule is O=C(O)[C@@H]1CCCCN1C(=O)/C=C\c1ccco1. The van der Waals surface area contributed by atoms with E-state index in [4.69, 9.17) is 9.52 Å². The second-order valence-electron chi connectivity index (χ2n) is 4.23. The third-order valence-corrected chi connectivity index (χ3v) is 3.00. The number of hydrogen-bond acceptors (Lipinski definition) is 3. The third-order valence-electron chi connectivity index (χ3n) is 3.00. The summed E-state index contributed by atoms with van der Waals surface area (Å²) < 4.78 is 5.07. The molecule has 1 N–H and O–H groups in total. The molecule has 1 atom stereocenters. The molecular weight excluding hydrogens is 234 g/mol.